The average Bonchev–Trinajstić information content (AvgIpc) is 3.17. The highest BCUT2D eigenvalue weighted by atomic mass is 16.5. The molecule has 2 aromatic heterocycles. The van der Waals surface area contributed by atoms with Gasteiger partial charge < -0.3 is 28.5 Å². The molecule has 10 nitrogen and oxygen atoms in total. The minimum absolute atomic E-state index is 0.0483. The van der Waals surface area contributed by atoms with Crippen LogP contribution in [0.5, 0.6) is 11.5 Å². The molecule has 2 atom stereocenters. The van der Waals surface area contributed by atoms with Gasteiger partial charge in [-0.3, -0.25) is 9.59 Å². The Morgan fingerprint density at radius 3 is 1.38 bits per heavy atom. The van der Waals surface area contributed by atoms with Crippen molar-refractivity contribution in [2.45, 2.75) is 46.0 Å². The molecule has 0 saturated heterocycles. The van der Waals surface area contributed by atoms with Crippen molar-refractivity contribution >= 4 is 33.9 Å². The van der Waals surface area contributed by atoms with Gasteiger partial charge >= 0.3 is 23.2 Å². The highest BCUT2D eigenvalue weighted by molar-refractivity contribution is 5.85. The second-order valence-electron chi connectivity index (χ2n) is 12.5. The molecule has 0 fully saturated rings. The van der Waals surface area contributed by atoms with E-state index in [9.17, 15) is 29.4 Å². The number of aromatic hydroxyl groups is 2. The van der Waals surface area contributed by atoms with Crippen molar-refractivity contribution in [3.8, 4) is 11.5 Å². The molecular weight excluding hydrogens is 676 g/mol. The smallest absolute Gasteiger partial charge is 0.343 e. The lowest BCUT2D eigenvalue weighted by Crippen LogP contribution is -2.25. The van der Waals surface area contributed by atoms with Crippen molar-refractivity contribution < 1.29 is 38.1 Å². The molecule has 0 radical (unpaired) electrons. The minimum atomic E-state index is -0.636. The second kappa shape index (κ2) is 18.4. The first kappa shape index (κ1) is 38.1. The molecule has 2 N–H and O–H groups in total. The summed E-state index contributed by atoms with van der Waals surface area (Å²) in [5.41, 5.74) is 1.47. The van der Waals surface area contributed by atoms with Gasteiger partial charge in [-0.1, -0.05) is 91.9 Å². The van der Waals surface area contributed by atoms with Crippen molar-refractivity contribution in [1.29, 1.82) is 0 Å². The van der Waals surface area contributed by atoms with Crippen LogP contribution in [0, 0.1) is 11.8 Å². The molecule has 0 aliphatic heterocycles. The zero-order valence-corrected chi connectivity index (χ0v) is 29.7. The van der Waals surface area contributed by atoms with E-state index in [1.165, 1.54) is 0 Å². The molecule has 0 aliphatic carbocycles. The van der Waals surface area contributed by atoms with Gasteiger partial charge in [0.1, 0.15) is 22.7 Å². The third kappa shape index (κ3) is 9.79. The van der Waals surface area contributed by atoms with E-state index < -0.39 is 29.1 Å². The zero-order valence-electron chi connectivity index (χ0n) is 29.7. The predicted molar refractivity (Wildman–Crippen MR) is 201 cm³/mol. The number of esters is 2. The third-order valence-electron chi connectivity index (χ3n) is 8.71. The first-order chi connectivity index (χ1) is 25.7. The topological polar surface area (TPSA) is 153 Å². The van der Waals surface area contributed by atoms with E-state index in [0.717, 1.165) is 11.1 Å². The number of benzene rings is 4. The maximum absolute atomic E-state index is 12.6. The first-order valence-corrected chi connectivity index (χ1v) is 17.6. The lowest BCUT2D eigenvalue weighted by molar-refractivity contribution is -0.149. The molecule has 0 saturated carbocycles. The van der Waals surface area contributed by atoms with E-state index in [-0.39, 0.29) is 48.0 Å². The summed E-state index contributed by atoms with van der Waals surface area (Å²) in [6, 6.07) is 32.6. The van der Waals surface area contributed by atoms with Crippen LogP contribution in [0.2, 0.25) is 0 Å². The third-order valence-corrected chi connectivity index (χ3v) is 8.71. The molecule has 2 unspecified atom stereocenters. The number of rotatable bonds is 13. The Hall–Kier alpha value is -6.16. The molecule has 2 heterocycles. The average molecular weight is 719 g/mol. The fraction of sp³-hybridized carbons (Fsp3) is 0.256. The van der Waals surface area contributed by atoms with Crippen LogP contribution in [-0.4, -0.2) is 35.4 Å². The van der Waals surface area contributed by atoms with Crippen molar-refractivity contribution in [2.75, 3.05) is 13.2 Å². The molecule has 0 amide bonds. The number of carbonyl (C=O) groups excluding carboxylic acids is 2. The van der Waals surface area contributed by atoms with Crippen LogP contribution in [0.3, 0.4) is 0 Å². The van der Waals surface area contributed by atoms with Crippen LogP contribution >= 0.6 is 0 Å². The van der Waals surface area contributed by atoms with E-state index in [0.29, 0.717) is 47.8 Å². The van der Waals surface area contributed by atoms with Crippen molar-refractivity contribution in [1.82, 2.24) is 0 Å². The summed E-state index contributed by atoms with van der Waals surface area (Å²) in [6.07, 6.45) is 1.64. The van der Waals surface area contributed by atoms with Gasteiger partial charge in [0.2, 0.25) is 0 Å². The normalized spacial score (nSPS) is 12.0. The number of hydrogen-bond donors (Lipinski definition) is 2. The van der Waals surface area contributed by atoms with Gasteiger partial charge in [-0.2, -0.15) is 0 Å². The standard InChI is InChI=1S/C22H22O5.C21H20O5/c1-2-12-26-21(24)16(13-15-8-4-3-5-9-15)14-18-20(23)17-10-6-7-11-19(17)27-22(18)25;1-2-25-20(23)15(12-14-8-4-3-5-9-14)13-17-19(22)16-10-6-7-11-18(16)26-21(17)24/h3-11,16,23H,2,12-14H2,1H3;3-11,15,22H,2,12-13H2,1H3. The Morgan fingerprint density at radius 2 is 0.962 bits per heavy atom. The highest BCUT2D eigenvalue weighted by Gasteiger charge is 2.27. The van der Waals surface area contributed by atoms with Crippen LogP contribution in [-0.2, 0) is 44.7 Å². The molecule has 0 aliphatic rings. The Morgan fingerprint density at radius 1 is 0.566 bits per heavy atom. The van der Waals surface area contributed by atoms with Gasteiger partial charge in [0, 0.05) is 0 Å². The molecule has 0 spiro atoms. The maximum Gasteiger partial charge on any atom is 0.343 e. The van der Waals surface area contributed by atoms with Gasteiger partial charge in [0.25, 0.3) is 0 Å². The lowest BCUT2D eigenvalue weighted by Gasteiger charge is -2.16. The fourth-order valence-electron chi connectivity index (χ4n) is 6.05. The summed E-state index contributed by atoms with van der Waals surface area (Å²) in [6.45, 7) is 4.23. The van der Waals surface area contributed by atoms with Crippen molar-refractivity contribution in [3.63, 3.8) is 0 Å². The highest BCUT2D eigenvalue weighted by Crippen LogP contribution is 2.30. The maximum atomic E-state index is 12.6. The quantitative estimate of drug-likeness (QED) is 0.0918. The minimum Gasteiger partial charge on any atom is -0.507 e. The molecule has 10 heteroatoms. The van der Waals surface area contributed by atoms with Crippen LogP contribution in [0.4, 0.5) is 0 Å². The van der Waals surface area contributed by atoms with Crippen LogP contribution in [0.1, 0.15) is 42.5 Å². The van der Waals surface area contributed by atoms with Crippen molar-refractivity contribution in [2.24, 2.45) is 11.8 Å². The molecule has 4 aromatic carbocycles. The second-order valence-corrected chi connectivity index (χ2v) is 12.5. The fourth-order valence-corrected chi connectivity index (χ4v) is 6.05. The number of fused-ring (bicyclic) bond motifs is 2. The van der Waals surface area contributed by atoms with E-state index >= 15 is 0 Å². The molecule has 6 aromatic rings. The van der Waals surface area contributed by atoms with E-state index in [1.807, 2.05) is 67.6 Å². The van der Waals surface area contributed by atoms with E-state index in [4.69, 9.17) is 18.3 Å². The molecule has 274 valence electrons. The summed E-state index contributed by atoms with van der Waals surface area (Å²) in [4.78, 5) is 49.7. The van der Waals surface area contributed by atoms with E-state index in [1.54, 1.807) is 55.5 Å². The zero-order chi connectivity index (χ0) is 37.7. The van der Waals surface area contributed by atoms with Crippen LogP contribution < -0.4 is 11.3 Å². The van der Waals surface area contributed by atoms with Crippen LogP contribution in [0.15, 0.2) is 128 Å². The van der Waals surface area contributed by atoms with Gasteiger partial charge in [-0.05, 0) is 74.4 Å². The summed E-state index contributed by atoms with van der Waals surface area (Å²) in [5, 5.41) is 22.0. The first-order valence-electron chi connectivity index (χ1n) is 17.6. The summed E-state index contributed by atoms with van der Waals surface area (Å²) in [7, 11) is 0. The summed E-state index contributed by atoms with van der Waals surface area (Å²) < 4.78 is 21.1. The van der Waals surface area contributed by atoms with Gasteiger partial charge in [-0.25, -0.2) is 9.59 Å². The lowest BCUT2D eigenvalue weighted by atomic mass is 9.92. The monoisotopic (exact) mass is 718 g/mol. The number of carbonyl (C=O) groups is 2. The Kier molecular flexibility index (Phi) is 13.2. The summed E-state index contributed by atoms with van der Waals surface area (Å²) in [5.74, 6) is -2.24. The van der Waals surface area contributed by atoms with E-state index in [2.05, 4.69) is 0 Å². The largest absolute Gasteiger partial charge is 0.507 e. The van der Waals surface area contributed by atoms with Gasteiger partial charge in [0.05, 0.1) is 46.9 Å². The molecular formula is C43H42O10. The SMILES string of the molecule is CCCOC(=O)C(Cc1ccccc1)Cc1c(O)c2ccccc2oc1=O.CCOC(=O)C(Cc1ccccc1)Cc1c(O)c2ccccc2oc1=O. The Bertz CT molecular complexity index is 2260. The van der Waals surface area contributed by atoms with Gasteiger partial charge in [-0.15, -0.1) is 0 Å². The van der Waals surface area contributed by atoms with Crippen molar-refractivity contribution in [3.05, 3.63) is 152 Å². The molecule has 53 heavy (non-hydrogen) atoms. The molecule has 0 bridgehead atoms. The Labute approximate surface area is 306 Å². The number of para-hydroxylation sites is 2. The van der Waals surface area contributed by atoms with Gasteiger partial charge in [0.15, 0.2) is 0 Å². The van der Waals surface area contributed by atoms with Crippen LogP contribution in [0.25, 0.3) is 21.9 Å². The predicted octanol–water partition coefficient (Wildman–Crippen LogP) is 7.32. The molecule has 6 rings (SSSR count). The Balaban J connectivity index is 0.000000204. The number of hydrogen-bond acceptors (Lipinski definition) is 10. The summed E-state index contributed by atoms with van der Waals surface area (Å²) >= 11 is 0. The number of ether oxygens (including phenoxy) is 2.